The maximum Gasteiger partial charge on any atom is 0.269 e. The van der Waals surface area contributed by atoms with Crippen LogP contribution in [-0.4, -0.2) is 46.5 Å². The lowest BCUT2D eigenvalue weighted by Crippen LogP contribution is -2.49. The summed E-state index contributed by atoms with van der Waals surface area (Å²) in [6.45, 7) is 2.74. The molecule has 7 nitrogen and oxygen atoms in total. The highest BCUT2D eigenvalue weighted by molar-refractivity contribution is 5.79. The zero-order valence-corrected chi connectivity index (χ0v) is 16.0. The molecule has 0 atom stereocenters. The standard InChI is InChI=1S/C22H22N4O3/c27-22(17-18-3-5-19(6-4-18)23-11-1-2-12-23)25-15-13-24(14-16-25)20-7-9-21(10-8-20)26(28)29/h1-12H,13-17H2. The maximum absolute atomic E-state index is 12.7. The molecule has 0 radical (unpaired) electrons. The summed E-state index contributed by atoms with van der Waals surface area (Å²) in [5.41, 5.74) is 3.11. The van der Waals surface area contributed by atoms with Gasteiger partial charge in [-0.15, -0.1) is 0 Å². The van der Waals surface area contributed by atoms with Crippen molar-refractivity contribution in [2.45, 2.75) is 6.42 Å². The molecule has 1 aromatic heterocycles. The lowest BCUT2D eigenvalue weighted by Gasteiger charge is -2.36. The van der Waals surface area contributed by atoms with Crippen molar-refractivity contribution in [2.24, 2.45) is 0 Å². The monoisotopic (exact) mass is 390 g/mol. The van der Waals surface area contributed by atoms with Crippen molar-refractivity contribution in [3.05, 3.63) is 88.7 Å². The van der Waals surface area contributed by atoms with Gasteiger partial charge in [0.05, 0.1) is 11.3 Å². The highest BCUT2D eigenvalue weighted by Gasteiger charge is 2.21. The molecule has 0 N–H and O–H groups in total. The molecule has 2 aromatic carbocycles. The highest BCUT2D eigenvalue weighted by atomic mass is 16.6. The number of carbonyl (C=O) groups excluding carboxylic acids is 1. The lowest BCUT2D eigenvalue weighted by atomic mass is 10.1. The van der Waals surface area contributed by atoms with Gasteiger partial charge in [-0.2, -0.15) is 0 Å². The number of nitrogens with zero attached hydrogens (tertiary/aromatic N) is 4. The average Bonchev–Trinajstić information content (AvgIpc) is 3.29. The molecule has 7 heteroatoms. The van der Waals surface area contributed by atoms with Gasteiger partial charge in [0.25, 0.3) is 5.69 Å². The van der Waals surface area contributed by atoms with Crippen LogP contribution in [0.3, 0.4) is 0 Å². The Morgan fingerprint density at radius 1 is 0.862 bits per heavy atom. The van der Waals surface area contributed by atoms with Crippen LogP contribution in [0, 0.1) is 10.1 Å². The van der Waals surface area contributed by atoms with E-state index in [9.17, 15) is 14.9 Å². The van der Waals surface area contributed by atoms with Crippen molar-refractivity contribution in [3.63, 3.8) is 0 Å². The Labute approximate surface area is 168 Å². The van der Waals surface area contributed by atoms with Crippen LogP contribution in [-0.2, 0) is 11.2 Å². The molecule has 3 aromatic rings. The van der Waals surface area contributed by atoms with Crippen LogP contribution >= 0.6 is 0 Å². The van der Waals surface area contributed by atoms with Gasteiger partial charge in [-0.1, -0.05) is 12.1 Å². The molecule has 0 saturated carbocycles. The summed E-state index contributed by atoms with van der Waals surface area (Å²) in [5.74, 6) is 0.127. The predicted molar refractivity (Wildman–Crippen MR) is 111 cm³/mol. The fourth-order valence-electron chi connectivity index (χ4n) is 3.58. The summed E-state index contributed by atoms with van der Waals surface area (Å²) in [5, 5.41) is 10.8. The first kappa shape index (κ1) is 18.7. The van der Waals surface area contributed by atoms with Gasteiger partial charge in [-0.25, -0.2) is 0 Å². The second kappa shape index (κ2) is 8.18. The van der Waals surface area contributed by atoms with Crippen molar-refractivity contribution >= 4 is 17.3 Å². The maximum atomic E-state index is 12.7. The number of anilines is 1. The minimum absolute atomic E-state index is 0.0883. The van der Waals surface area contributed by atoms with Gasteiger partial charge < -0.3 is 14.4 Å². The Morgan fingerprint density at radius 3 is 2.03 bits per heavy atom. The Balaban J connectivity index is 1.31. The third-order valence-electron chi connectivity index (χ3n) is 5.25. The molecule has 29 heavy (non-hydrogen) atoms. The first-order valence-electron chi connectivity index (χ1n) is 9.59. The zero-order chi connectivity index (χ0) is 20.2. The molecule has 0 aliphatic carbocycles. The normalized spacial score (nSPS) is 14.1. The number of hydrogen-bond acceptors (Lipinski definition) is 4. The number of non-ortho nitro benzene ring substituents is 1. The van der Waals surface area contributed by atoms with E-state index < -0.39 is 4.92 Å². The largest absolute Gasteiger partial charge is 0.368 e. The predicted octanol–water partition coefficient (Wildman–Crippen LogP) is 3.28. The van der Waals surface area contributed by atoms with Crippen molar-refractivity contribution in [2.75, 3.05) is 31.1 Å². The number of hydrogen-bond donors (Lipinski definition) is 0. The molecule has 4 rings (SSSR count). The molecular weight excluding hydrogens is 368 g/mol. The van der Waals surface area contributed by atoms with Crippen LogP contribution < -0.4 is 4.90 Å². The minimum Gasteiger partial charge on any atom is -0.368 e. The Kier molecular flexibility index (Phi) is 5.29. The van der Waals surface area contributed by atoms with Crippen molar-refractivity contribution in [3.8, 4) is 5.69 Å². The first-order valence-corrected chi connectivity index (χ1v) is 9.59. The van der Waals surface area contributed by atoms with E-state index in [-0.39, 0.29) is 11.6 Å². The number of benzene rings is 2. The average molecular weight is 390 g/mol. The minimum atomic E-state index is -0.397. The molecule has 0 spiro atoms. The summed E-state index contributed by atoms with van der Waals surface area (Å²) in [7, 11) is 0. The molecule has 0 unspecified atom stereocenters. The van der Waals surface area contributed by atoms with Crippen LogP contribution in [0.2, 0.25) is 0 Å². The fourth-order valence-corrected chi connectivity index (χ4v) is 3.58. The molecule has 1 fully saturated rings. The number of nitro groups is 1. The molecule has 1 saturated heterocycles. The van der Waals surface area contributed by atoms with E-state index >= 15 is 0 Å². The summed E-state index contributed by atoms with van der Waals surface area (Å²) >= 11 is 0. The van der Waals surface area contributed by atoms with Gasteiger partial charge in [0.15, 0.2) is 0 Å². The van der Waals surface area contributed by atoms with E-state index in [0.717, 1.165) is 30.0 Å². The second-order valence-electron chi connectivity index (χ2n) is 7.07. The number of amides is 1. The third-order valence-corrected chi connectivity index (χ3v) is 5.25. The summed E-state index contributed by atoms with van der Waals surface area (Å²) in [6.07, 6.45) is 4.37. The zero-order valence-electron chi connectivity index (χ0n) is 16.0. The topological polar surface area (TPSA) is 71.6 Å². The van der Waals surface area contributed by atoms with Crippen molar-refractivity contribution in [1.82, 2.24) is 9.47 Å². The Hall–Kier alpha value is -3.61. The van der Waals surface area contributed by atoms with Gasteiger partial charge >= 0.3 is 0 Å². The van der Waals surface area contributed by atoms with E-state index in [0.29, 0.717) is 19.5 Å². The van der Waals surface area contributed by atoms with Gasteiger partial charge in [0, 0.05) is 62.1 Å². The van der Waals surface area contributed by atoms with Crippen LogP contribution in [0.15, 0.2) is 73.1 Å². The Bertz CT molecular complexity index is 974. The van der Waals surface area contributed by atoms with E-state index in [4.69, 9.17) is 0 Å². The molecular formula is C22H22N4O3. The highest BCUT2D eigenvalue weighted by Crippen LogP contribution is 2.21. The van der Waals surface area contributed by atoms with E-state index in [2.05, 4.69) is 4.90 Å². The molecule has 0 bridgehead atoms. The van der Waals surface area contributed by atoms with Crippen molar-refractivity contribution in [1.29, 1.82) is 0 Å². The van der Waals surface area contributed by atoms with Crippen LogP contribution in [0.1, 0.15) is 5.56 Å². The van der Waals surface area contributed by atoms with Crippen LogP contribution in [0.5, 0.6) is 0 Å². The lowest BCUT2D eigenvalue weighted by molar-refractivity contribution is -0.384. The van der Waals surface area contributed by atoms with E-state index in [1.54, 1.807) is 12.1 Å². The summed E-state index contributed by atoms with van der Waals surface area (Å²) in [4.78, 5) is 27.1. The van der Waals surface area contributed by atoms with Crippen LogP contribution in [0.4, 0.5) is 11.4 Å². The van der Waals surface area contributed by atoms with Gasteiger partial charge in [-0.3, -0.25) is 14.9 Å². The van der Waals surface area contributed by atoms with Gasteiger partial charge in [0.2, 0.25) is 5.91 Å². The SMILES string of the molecule is O=C(Cc1ccc(-n2cccc2)cc1)N1CCN(c2ccc([N+](=O)[O-])cc2)CC1. The van der Waals surface area contributed by atoms with E-state index in [1.807, 2.05) is 58.3 Å². The molecule has 148 valence electrons. The molecule has 1 amide bonds. The Morgan fingerprint density at radius 2 is 1.45 bits per heavy atom. The number of rotatable bonds is 5. The fraction of sp³-hybridized carbons (Fsp3) is 0.227. The number of carbonyl (C=O) groups is 1. The van der Waals surface area contributed by atoms with E-state index in [1.165, 1.54) is 12.1 Å². The summed E-state index contributed by atoms with van der Waals surface area (Å²) < 4.78 is 2.03. The smallest absolute Gasteiger partial charge is 0.269 e. The third kappa shape index (κ3) is 4.29. The number of nitro benzene ring substituents is 1. The second-order valence-corrected chi connectivity index (χ2v) is 7.07. The number of piperazine rings is 1. The first-order chi connectivity index (χ1) is 14.1. The molecule has 2 heterocycles. The molecule has 1 aliphatic rings. The summed E-state index contributed by atoms with van der Waals surface area (Å²) in [6, 6.07) is 18.6. The quantitative estimate of drug-likeness (QED) is 0.495. The van der Waals surface area contributed by atoms with Crippen molar-refractivity contribution < 1.29 is 9.72 Å². The van der Waals surface area contributed by atoms with Gasteiger partial charge in [-0.05, 0) is 42.0 Å². The van der Waals surface area contributed by atoms with Gasteiger partial charge in [0.1, 0.15) is 0 Å². The number of aromatic nitrogens is 1. The molecule has 1 aliphatic heterocycles. The van der Waals surface area contributed by atoms with Crippen LogP contribution in [0.25, 0.3) is 5.69 Å².